The third kappa shape index (κ3) is 4.19. The summed E-state index contributed by atoms with van der Waals surface area (Å²) in [5.41, 5.74) is 0.999. The lowest BCUT2D eigenvalue weighted by atomic mass is 10.2. The number of hydrogen-bond acceptors (Lipinski definition) is 5. The fraction of sp³-hybridized carbons (Fsp3) is 0.158. The predicted molar refractivity (Wildman–Crippen MR) is 94.5 cm³/mol. The second-order valence-electron chi connectivity index (χ2n) is 5.42. The zero-order valence-electron chi connectivity index (χ0n) is 13.5. The first-order valence-electron chi connectivity index (χ1n) is 7.63. The minimum absolute atomic E-state index is 0.0368. The van der Waals surface area contributed by atoms with E-state index in [0.29, 0.717) is 16.2 Å². The molecule has 3 aromatic rings. The lowest BCUT2D eigenvalue weighted by molar-refractivity contribution is 0.0415. The van der Waals surface area contributed by atoms with Crippen LogP contribution in [-0.2, 0) is 4.74 Å². The third-order valence-electron chi connectivity index (χ3n) is 3.47. The van der Waals surface area contributed by atoms with Crippen LogP contribution in [0.2, 0.25) is 5.02 Å². The van der Waals surface area contributed by atoms with Gasteiger partial charge in [0, 0.05) is 11.1 Å². The largest absolute Gasteiger partial charge is 0.490 e. The van der Waals surface area contributed by atoms with Gasteiger partial charge in [0.1, 0.15) is 24.5 Å². The number of halogens is 1. The first-order chi connectivity index (χ1) is 12.0. The molecule has 0 radical (unpaired) electrons. The summed E-state index contributed by atoms with van der Waals surface area (Å²) in [4.78, 5) is 24.1. The molecule has 0 aliphatic carbocycles. The number of hydrogen-bond donors (Lipinski definition) is 0. The minimum Gasteiger partial charge on any atom is -0.490 e. The minimum atomic E-state index is -0.721. The van der Waals surface area contributed by atoms with Crippen molar-refractivity contribution in [3.05, 3.63) is 75.1 Å². The molecule has 2 aromatic carbocycles. The van der Waals surface area contributed by atoms with E-state index in [-0.39, 0.29) is 30.0 Å². The maximum atomic E-state index is 12.1. The van der Waals surface area contributed by atoms with Crippen molar-refractivity contribution in [3.8, 4) is 5.75 Å². The van der Waals surface area contributed by atoms with Gasteiger partial charge in [0.05, 0.1) is 5.39 Å². The van der Waals surface area contributed by atoms with E-state index in [1.54, 1.807) is 6.07 Å². The van der Waals surface area contributed by atoms with Gasteiger partial charge in [0.15, 0.2) is 5.43 Å². The number of fused-ring (bicyclic) bond motifs is 1. The van der Waals surface area contributed by atoms with Crippen LogP contribution in [0.15, 0.2) is 57.7 Å². The van der Waals surface area contributed by atoms with Crippen molar-refractivity contribution in [2.24, 2.45) is 0 Å². The molecular weight excluding hydrogens is 344 g/mol. The van der Waals surface area contributed by atoms with Crippen molar-refractivity contribution in [1.82, 2.24) is 0 Å². The second-order valence-corrected chi connectivity index (χ2v) is 5.85. The Bertz CT molecular complexity index is 977. The quantitative estimate of drug-likeness (QED) is 0.509. The molecule has 0 bridgehead atoms. The molecule has 0 saturated heterocycles. The van der Waals surface area contributed by atoms with Gasteiger partial charge in [0.2, 0.25) is 5.76 Å². The van der Waals surface area contributed by atoms with E-state index in [0.717, 1.165) is 11.6 Å². The summed E-state index contributed by atoms with van der Waals surface area (Å²) in [6.45, 7) is 2.19. The highest BCUT2D eigenvalue weighted by molar-refractivity contribution is 6.31. The SMILES string of the molecule is Cc1cccc(OCCOC(=O)c2cc(=O)c3cc(Cl)ccc3o2)c1. The fourth-order valence-electron chi connectivity index (χ4n) is 2.30. The van der Waals surface area contributed by atoms with Crippen molar-refractivity contribution in [1.29, 1.82) is 0 Å². The number of aryl methyl sites for hydroxylation is 1. The Kier molecular flexibility index (Phi) is 5.05. The van der Waals surface area contributed by atoms with Gasteiger partial charge < -0.3 is 13.9 Å². The van der Waals surface area contributed by atoms with Crippen LogP contribution in [0, 0.1) is 6.92 Å². The lowest BCUT2D eigenvalue weighted by Gasteiger charge is -2.08. The number of carbonyl (C=O) groups is 1. The average Bonchev–Trinajstić information content (AvgIpc) is 2.59. The Morgan fingerprint density at radius 2 is 1.96 bits per heavy atom. The molecule has 0 N–H and O–H groups in total. The van der Waals surface area contributed by atoms with E-state index in [2.05, 4.69) is 0 Å². The van der Waals surface area contributed by atoms with E-state index in [9.17, 15) is 9.59 Å². The van der Waals surface area contributed by atoms with Crippen LogP contribution in [0.5, 0.6) is 5.75 Å². The first kappa shape index (κ1) is 17.0. The molecule has 3 rings (SSSR count). The molecule has 1 heterocycles. The van der Waals surface area contributed by atoms with Gasteiger partial charge in [-0.25, -0.2) is 4.79 Å². The number of carbonyl (C=O) groups excluding carboxylic acids is 1. The van der Waals surface area contributed by atoms with Crippen molar-refractivity contribution < 1.29 is 18.7 Å². The Balaban J connectivity index is 1.62. The second kappa shape index (κ2) is 7.40. The van der Waals surface area contributed by atoms with Gasteiger partial charge in [-0.2, -0.15) is 0 Å². The van der Waals surface area contributed by atoms with E-state index in [1.807, 2.05) is 31.2 Å². The molecule has 0 atom stereocenters. The van der Waals surface area contributed by atoms with Crippen LogP contribution >= 0.6 is 11.6 Å². The van der Waals surface area contributed by atoms with Crippen molar-refractivity contribution in [2.45, 2.75) is 6.92 Å². The van der Waals surface area contributed by atoms with Crippen LogP contribution in [0.3, 0.4) is 0 Å². The van der Waals surface area contributed by atoms with E-state index in [4.69, 9.17) is 25.5 Å². The summed E-state index contributed by atoms with van der Waals surface area (Å²) < 4.78 is 16.0. The van der Waals surface area contributed by atoms with Gasteiger partial charge in [-0.3, -0.25) is 4.79 Å². The smallest absolute Gasteiger partial charge is 0.374 e. The molecule has 0 unspecified atom stereocenters. The Labute approximate surface area is 148 Å². The van der Waals surface area contributed by atoms with Gasteiger partial charge >= 0.3 is 5.97 Å². The van der Waals surface area contributed by atoms with Crippen LogP contribution in [0.25, 0.3) is 11.0 Å². The molecule has 0 fully saturated rings. The molecule has 128 valence electrons. The zero-order chi connectivity index (χ0) is 17.8. The average molecular weight is 359 g/mol. The highest BCUT2D eigenvalue weighted by Crippen LogP contribution is 2.18. The molecule has 25 heavy (non-hydrogen) atoms. The van der Waals surface area contributed by atoms with E-state index >= 15 is 0 Å². The number of rotatable bonds is 5. The monoisotopic (exact) mass is 358 g/mol. The molecule has 6 heteroatoms. The molecule has 1 aromatic heterocycles. The highest BCUT2D eigenvalue weighted by atomic mass is 35.5. The van der Waals surface area contributed by atoms with Crippen LogP contribution in [-0.4, -0.2) is 19.2 Å². The summed E-state index contributed by atoms with van der Waals surface area (Å²) in [6.07, 6.45) is 0. The number of benzene rings is 2. The summed E-state index contributed by atoms with van der Waals surface area (Å²) in [6, 6.07) is 13.3. The Morgan fingerprint density at radius 3 is 2.76 bits per heavy atom. The highest BCUT2D eigenvalue weighted by Gasteiger charge is 2.14. The summed E-state index contributed by atoms with van der Waals surface area (Å²) in [5, 5.41) is 0.732. The summed E-state index contributed by atoms with van der Waals surface area (Å²) in [7, 11) is 0. The maximum absolute atomic E-state index is 12.1. The van der Waals surface area contributed by atoms with Crippen molar-refractivity contribution in [3.63, 3.8) is 0 Å². The first-order valence-corrected chi connectivity index (χ1v) is 8.01. The van der Waals surface area contributed by atoms with E-state index in [1.165, 1.54) is 12.1 Å². The Morgan fingerprint density at radius 1 is 1.12 bits per heavy atom. The van der Waals surface area contributed by atoms with Crippen molar-refractivity contribution >= 4 is 28.5 Å². The van der Waals surface area contributed by atoms with E-state index < -0.39 is 5.97 Å². The predicted octanol–water partition coefficient (Wildman–Crippen LogP) is 3.99. The molecule has 5 nitrogen and oxygen atoms in total. The lowest BCUT2D eigenvalue weighted by Crippen LogP contribution is -2.14. The van der Waals surface area contributed by atoms with Gasteiger partial charge in [-0.15, -0.1) is 0 Å². The molecule has 0 aliphatic heterocycles. The van der Waals surface area contributed by atoms with Gasteiger partial charge in [0.25, 0.3) is 0 Å². The number of esters is 1. The van der Waals surface area contributed by atoms with Gasteiger partial charge in [-0.1, -0.05) is 23.7 Å². The molecule has 0 aliphatic rings. The molecular formula is C19H15ClO5. The number of ether oxygens (including phenoxy) is 2. The third-order valence-corrected chi connectivity index (χ3v) is 3.70. The zero-order valence-corrected chi connectivity index (χ0v) is 14.2. The van der Waals surface area contributed by atoms with Crippen LogP contribution < -0.4 is 10.2 Å². The topological polar surface area (TPSA) is 65.7 Å². The molecule has 0 amide bonds. The Hall–Kier alpha value is -2.79. The van der Waals surface area contributed by atoms with Crippen LogP contribution in [0.1, 0.15) is 16.1 Å². The summed E-state index contributed by atoms with van der Waals surface area (Å²) in [5.74, 6) is -0.178. The van der Waals surface area contributed by atoms with Crippen LogP contribution in [0.4, 0.5) is 0 Å². The standard InChI is InChI=1S/C19H15ClO5/c1-12-3-2-4-14(9-12)23-7-8-24-19(22)18-11-16(21)15-10-13(20)5-6-17(15)25-18/h2-6,9-11H,7-8H2,1H3. The summed E-state index contributed by atoms with van der Waals surface area (Å²) >= 11 is 5.85. The molecule has 0 spiro atoms. The normalized spacial score (nSPS) is 10.6. The van der Waals surface area contributed by atoms with Crippen molar-refractivity contribution in [2.75, 3.05) is 13.2 Å². The molecule has 0 saturated carbocycles. The fourth-order valence-corrected chi connectivity index (χ4v) is 2.47. The van der Waals surface area contributed by atoms with Gasteiger partial charge in [-0.05, 0) is 42.8 Å². The maximum Gasteiger partial charge on any atom is 0.374 e.